The van der Waals surface area contributed by atoms with Crippen LogP contribution in [0.5, 0.6) is 0 Å². The number of likely N-dealkylation sites (tertiary alicyclic amines) is 1. The van der Waals surface area contributed by atoms with Gasteiger partial charge in [0.15, 0.2) is 11.7 Å². The molecule has 4 rings (SSSR count). The number of amides is 1. The van der Waals surface area contributed by atoms with Gasteiger partial charge in [0.05, 0.1) is 19.0 Å². The van der Waals surface area contributed by atoms with Crippen molar-refractivity contribution in [1.82, 2.24) is 20.0 Å². The normalized spacial score (nSPS) is 16.0. The Hall–Kier alpha value is -2.82. The standard InChI is InChI=1S/C23H28N6O2.HI/c1-3-24-23(29-11-10-18(16-29)19-14-26-28(2)15-19)25-13-17-6-8-20(9-7-17)27-22(30)21-5-4-12-31-21;/h4-9,12,14-15,18H,3,10-11,13,16H2,1-2H3,(H,24,25)(H,27,30);1H. The molecule has 9 heteroatoms. The highest BCUT2D eigenvalue weighted by Crippen LogP contribution is 2.26. The maximum Gasteiger partial charge on any atom is 0.291 e. The Balaban J connectivity index is 0.00000289. The lowest BCUT2D eigenvalue weighted by Gasteiger charge is -2.21. The Morgan fingerprint density at radius 3 is 2.75 bits per heavy atom. The Labute approximate surface area is 205 Å². The van der Waals surface area contributed by atoms with E-state index in [9.17, 15) is 4.79 Å². The minimum atomic E-state index is -0.262. The Bertz CT molecular complexity index is 1030. The van der Waals surface area contributed by atoms with Crippen LogP contribution in [0.15, 0.2) is 64.5 Å². The molecule has 2 N–H and O–H groups in total. The van der Waals surface area contributed by atoms with E-state index in [1.165, 1.54) is 11.8 Å². The molecule has 2 aromatic heterocycles. The molecule has 0 saturated carbocycles. The van der Waals surface area contributed by atoms with Crippen molar-refractivity contribution < 1.29 is 9.21 Å². The summed E-state index contributed by atoms with van der Waals surface area (Å²) in [7, 11) is 1.95. The summed E-state index contributed by atoms with van der Waals surface area (Å²) >= 11 is 0. The molecule has 3 aromatic rings. The van der Waals surface area contributed by atoms with Gasteiger partial charge in [0.1, 0.15) is 0 Å². The van der Waals surface area contributed by atoms with E-state index in [0.717, 1.165) is 43.3 Å². The molecule has 1 aliphatic rings. The smallest absolute Gasteiger partial charge is 0.291 e. The second-order valence-corrected chi connectivity index (χ2v) is 7.68. The zero-order valence-electron chi connectivity index (χ0n) is 18.3. The van der Waals surface area contributed by atoms with E-state index in [4.69, 9.17) is 9.41 Å². The van der Waals surface area contributed by atoms with Gasteiger partial charge in [0.25, 0.3) is 5.91 Å². The van der Waals surface area contributed by atoms with Crippen molar-refractivity contribution in [2.75, 3.05) is 25.0 Å². The highest BCUT2D eigenvalue weighted by atomic mass is 127. The monoisotopic (exact) mass is 548 g/mol. The maximum atomic E-state index is 12.1. The second kappa shape index (κ2) is 11.2. The topological polar surface area (TPSA) is 87.7 Å². The minimum Gasteiger partial charge on any atom is -0.459 e. The van der Waals surface area contributed by atoms with Gasteiger partial charge in [-0.3, -0.25) is 9.48 Å². The summed E-state index contributed by atoms with van der Waals surface area (Å²) in [6.07, 6.45) is 6.65. The number of nitrogens with zero attached hydrogens (tertiary/aromatic N) is 4. The molecule has 3 heterocycles. The number of nitrogens with one attached hydrogen (secondary N) is 2. The van der Waals surface area contributed by atoms with Crippen molar-refractivity contribution in [3.8, 4) is 0 Å². The van der Waals surface area contributed by atoms with E-state index in [-0.39, 0.29) is 29.9 Å². The fourth-order valence-corrected chi connectivity index (χ4v) is 3.76. The van der Waals surface area contributed by atoms with Crippen molar-refractivity contribution in [3.63, 3.8) is 0 Å². The summed E-state index contributed by atoms with van der Waals surface area (Å²) in [6, 6.07) is 11.1. The number of aryl methyl sites for hydroxylation is 1. The van der Waals surface area contributed by atoms with Gasteiger partial charge < -0.3 is 20.0 Å². The highest BCUT2D eigenvalue weighted by Gasteiger charge is 2.26. The van der Waals surface area contributed by atoms with Crippen LogP contribution >= 0.6 is 24.0 Å². The van der Waals surface area contributed by atoms with Gasteiger partial charge in [-0.2, -0.15) is 5.10 Å². The van der Waals surface area contributed by atoms with Gasteiger partial charge >= 0.3 is 0 Å². The van der Waals surface area contributed by atoms with Gasteiger partial charge in [-0.25, -0.2) is 4.99 Å². The number of anilines is 1. The number of carbonyl (C=O) groups is 1. The molecule has 1 amide bonds. The number of rotatable bonds is 6. The molecule has 1 fully saturated rings. The van der Waals surface area contributed by atoms with E-state index < -0.39 is 0 Å². The van der Waals surface area contributed by atoms with Crippen LogP contribution < -0.4 is 10.6 Å². The van der Waals surface area contributed by atoms with Gasteiger partial charge in [-0.05, 0) is 48.7 Å². The zero-order chi connectivity index (χ0) is 21.6. The molecule has 8 nitrogen and oxygen atoms in total. The summed E-state index contributed by atoms with van der Waals surface area (Å²) in [5, 5.41) is 10.5. The van der Waals surface area contributed by atoms with Crippen LogP contribution in [0, 0.1) is 0 Å². The van der Waals surface area contributed by atoms with Crippen molar-refractivity contribution >= 4 is 41.5 Å². The number of aromatic nitrogens is 2. The Kier molecular flexibility index (Phi) is 8.32. The number of hydrogen-bond donors (Lipinski definition) is 2. The number of benzene rings is 1. The summed E-state index contributed by atoms with van der Waals surface area (Å²) in [5.74, 6) is 1.44. The molecule has 0 aliphatic carbocycles. The molecular weight excluding hydrogens is 519 g/mol. The van der Waals surface area contributed by atoms with Gasteiger partial charge in [0.2, 0.25) is 0 Å². The molecule has 1 atom stereocenters. The van der Waals surface area contributed by atoms with Crippen LogP contribution in [-0.2, 0) is 13.6 Å². The van der Waals surface area contributed by atoms with E-state index in [1.807, 2.05) is 42.2 Å². The average molecular weight is 548 g/mol. The van der Waals surface area contributed by atoms with Crippen molar-refractivity contribution in [2.24, 2.45) is 12.0 Å². The van der Waals surface area contributed by atoms with Crippen molar-refractivity contribution in [3.05, 3.63) is 71.9 Å². The summed E-state index contributed by atoms with van der Waals surface area (Å²) in [5.41, 5.74) is 3.09. The third-order valence-electron chi connectivity index (χ3n) is 5.39. The number of carbonyl (C=O) groups excluding carboxylic acids is 1. The van der Waals surface area contributed by atoms with Crippen LogP contribution in [0.1, 0.15) is 40.9 Å². The molecule has 32 heavy (non-hydrogen) atoms. The van der Waals surface area contributed by atoms with E-state index in [0.29, 0.717) is 18.2 Å². The molecule has 1 unspecified atom stereocenters. The van der Waals surface area contributed by atoms with Gasteiger partial charge in [-0.1, -0.05) is 12.1 Å². The van der Waals surface area contributed by atoms with Gasteiger partial charge in [-0.15, -0.1) is 24.0 Å². The average Bonchev–Trinajstić information content (AvgIpc) is 3.53. The lowest BCUT2D eigenvalue weighted by molar-refractivity contribution is 0.0996. The fraction of sp³-hybridized carbons (Fsp3) is 0.348. The molecule has 170 valence electrons. The quantitative estimate of drug-likeness (QED) is 0.278. The third-order valence-corrected chi connectivity index (χ3v) is 5.39. The van der Waals surface area contributed by atoms with Crippen molar-refractivity contribution in [1.29, 1.82) is 0 Å². The molecule has 1 saturated heterocycles. The molecule has 1 aromatic carbocycles. The fourth-order valence-electron chi connectivity index (χ4n) is 3.76. The summed E-state index contributed by atoms with van der Waals surface area (Å²) in [4.78, 5) is 19.2. The summed E-state index contributed by atoms with van der Waals surface area (Å²) < 4.78 is 6.98. The van der Waals surface area contributed by atoms with Crippen molar-refractivity contribution in [2.45, 2.75) is 25.8 Å². The first kappa shape index (κ1) is 23.8. The van der Waals surface area contributed by atoms with E-state index in [1.54, 1.807) is 12.1 Å². The number of furan rings is 1. The van der Waals surface area contributed by atoms with Crippen LogP contribution in [0.3, 0.4) is 0 Å². The van der Waals surface area contributed by atoms with Crippen LogP contribution in [0.4, 0.5) is 5.69 Å². The maximum absolute atomic E-state index is 12.1. The number of hydrogen-bond acceptors (Lipinski definition) is 4. The number of aliphatic imine (C=N–C) groups is 1. The summed E-state index contributed by atoms with van der Waals surface area (Å²) in [6.45, 7) is 5.40. The molecular formula is C23H29IN6O2. The minimum absolute atomic E-state index is 0. The molecule has 1 aliphatic heterocycles. The second-order valence-electron chi connectivity index (χ2n) is 7.68. The largest absolute Gasteiger partial charge is 0.459 e. The number of guanidine groups is 1. The zero-order valence-corrected chi connectivity index (χ0v) is 20.7. The highest BCUT2D eigenvalue weighted by molar-refractivity contribution is 14.0. The van der Waals surface area contributed by atoms with Crippen LogP contribution in [0.25, 0.3) is 0 Å². The van der Waals surface area contributed by atoms with Crippen LogP contribution in [-0.4, -0.2) is 46.2 Å². The van der Waals surface area contributed by atoms with E-state index >= 15 is 0 Å². The predicted octanol–water partition coefficient (Wildman–Crippen LogP) is 3.84. The SMILES string of the molecule is CCNC(=NCc1ccc(NC(=O)c2ccco2)cc1)N1CCC(c2cnn(C)c2)C1.I. The molecule has 0 radical (unpaired) electrons. The van der Waals surface area contributed by atoms with Crippen LogP contribution in [0.2, 0.25) is 0 Å². The number of halogens is 1. The third kappa shape index (κ3) is 5.90. The lowest BCUT2D eigenvalue weighted by Crippen LogP contribution is -2.40. The first-order chi connectivity index (χ1) is 15.1. The predicted molar refractivity (Wildman–Crippen MR) is 135 cm³/mol. The molecule has 0 spiro atoms. The first-order valence-corrected chi connectivity index (χ1v) is 10.6. The van der Waals surface area contributed by atoms with E-state index in [2.05, 4.69) is 33.8 Å². The molecule has 0 bridgehead atoms. The lowest BCUT2D eigenvalue weighted by atomic mass is 10.0. The Morgan fingerprint density at radius 1 is 1.28 bits per heavy atom. The Morgan fingerprint density at radius 2 is 2.09 bits per heavy atom. The van der Waals surface area contributed by atoms with Gasteiger partial charge in [0, 0.05) is 44.5 Å². The first-order valence-electron chi connectivity index (χ1n) is 10.6.